The SMILES string of the molecule is CCC[C@H](CO)CNc1cc(Oc2cccnc2)nc2c(-c3ccc(C(=O)NC4CC4)c(C)c3)cnn12. The van der Waals surface area contributed by atoms with Gasteiger partial charge >= 0.3 is 0 Å². The maximum atomic E-state index is 12.6. The van der Waals surface area contributed by atoms with Crippen LogP contribution in [0.1, 0.15) is 48.5 Å². The molecule has 3 N–H and O–H groups in total. The van der Waals surface area contributed by atoms with Crippen molar-refractivity contribution in [1.82, 2.24) is 24.9 Å². The van der Waals surface area contributed by atoms with E-state index in [1.165, 1.54) is 0 Å². The molecule has 1 fully saturated rings. The number of ether oxygens (including phenoxy) is 1. The molecule has 0 unspecified atom stereocenters. The first-order valence-electron chi connectivity index (χ1n) is 12.8. The topological polar surface area (TPSA) is 114 Å². The van der Waals surface area contributed by atoms with E-state index in [0.717, 1.165) is 42.4 Å². The normalized spacial score (nSPS) is 13.9. The summed E-state index contributed by atoms with van der Waals surface area (Å²) in [5.41, 5.74) is 3.92. The van der Waals surface area contributed by atoms with E-state index in [9.17, 15) is 9.90 Å². The highest BCUT2D eigenvalue weighted by Gasteiger charge is 2.24. The first kappa shape index (κ1) is 24.7. The zero-order chi connectivity index (χ0) is 25.8. The third-order valence-corrected chi connectivity index (χ3v) is 6.53. The Morgan fingerprint density at radius 3 is 2.81 bits per heavy atom. The fourth-order valence-corrected chi connectivity index (χ4v) is 4.34. The molecule has 4 aromatic rings. The highest BCUT2D eigenvalue weighted by atomic mass is 16.5. The minimum atomic E-state index is -0.0336. The molecule has 0 saturated heterocycles. The van der Waals surface area contributed by atoms with Gasteiger partial charge in [0, 0.05) is 42.6 Å². The van der Waals surface area contributed by atoms with Crippen LogP contribution in [-0.2, 0) is 0 Å². The van der Waals surface area contributed by atoms with Crippen LogP contribution in [0, 0.1) is 12.8 Å². The van der Waals surface area contributed by atoms with Crippen molar-refractivity contribution in [3.63, 3.8) is 0 Å². The Morgan fingerprint density at radius 1 is 1.24 bits per heavy atom. The molecule has 0 radical (unpaired) electrons. The molecule has 1 aliphatic carbocycles. The number of aromatic nitrogens is 4. The molecule has 1 saturated carbocycles. The van der Waals surface area contributed by atoms with Crippen LogP contribution in [0.2, 0.25) is 0 Å². The van der Waals surface area contributed by atoms with Crippen LogP contribution < -0.4 is 15.4 Å². The number of anilines is 1. The van der Waals surface area contributed by atoms with Crippen molar-refractivity contribution in [2.24, 2.45) is 5.92 Å². The number of rotatable bonds is 11. The molecule has 1 atom stereocenters. The smallest absolute Gasteiger partial charge is 0.251 e. The van der Waals surface area contributed by atoms with Crippen molar-refractivity contribution < 1.29 is 14.6 Å². The highest BCUT2D eigenvalue weighted by molar-refractivity contribution is 5.97. The molecule has 9 heteroatoms. The Labute approximate surface area is 215 Å². The van der Waals surface area contributed by atoms with Gasteiger partial charge in [-0.3, -0.25) is 9.78 Å². The predicted octanol–water partition coefficient (Wildman–Crippen LogP) is 4.60. The Bertz CT molecular complexity index is 1380. The van der Waals surface area contributed by atoms with Crippen molar-refractivity contribution in [2.75, 3.05) is 18.5 Å². The molecule has 0 spiro atoms. The van der Waals surface area contributed by atoms with E-state index < -0.39 is 0 Å². The average molecular weight is 501 g/mol. The van der Waals surface area contributed by atoms with Crippen LogP contribution in [-0.4, -0.2) is 49.8 Å². The van der Waals surface area contributed by atoms with Gasteiger partial charge in [-0.2, -0.15) is 14.6 Å². The summed E-state index contributed by atoms with van der Waals surface area (Å²) in [5, 5.41) is 20.8. The number of carbonyl (C=O) groups excluding carboxylic acids is 1. The largest absolute Gasteiger partial charge is 0.437 e. The maximum Gasteiger partial charge on any atom is 0.251 e. The number of benzene rings is 1. The number of amides is 1. The lowest BCUT2D eigenvalue weighted by Gasteiger charge is -2.16. The van der Waals surface area contributed by atoms with E-state index in [4.69, 9.17) is 9.72 Å². The molecule has 0 bridgehead atoms. The van der Waals surface area contributed by atoms with Crippen molar-refractivity contribution in [2.45, 2.75) is 45.6 Å². The number of nitrogens with zero attached hydrogens (tertiary/aromatic N) is 4. The summed E-state index contributed by atoms with van der Waals surface area (Å²) in [6, 6.07) is 11.5. The van der Waals surface area contributed by atoms with E-state index in [-0.39, 0.29) is 18.4 Å². The molecule has 37 heavy (non-hydrogen) atoms. The van der Waals surface area contributed by atoms with Gasteiger partial charge in [0.1, 0.15) is 11.6 Å². The summed E-state index contributed by atoms with van der Waals surface area (Å²) in [5.74, 6) is 1.78. The molecule has 1 aromatic carbocycles. The van der Waals surface area contributed by atoms with Gasteiger partial charge in [-0.1, -0.05) is 25.5 Å². The summed E-state index contributed by atoms with van der Waals surface area (Å²) in [6.45, 7) is 4.75. The van der Waals surface area contributed by atoms with E-state index >= 15 is 0 Å². The second kappa shape index (κ2) is 11.0. The van der Waals surface area contributed by atoms with Gasteiger partial charge in [-0.05, 0) is 61.4 Å². The predicted molar refractivity (Wildman–Crippen MR) is 142 cm³/mol. The number of hydrogen-bond acceptors (Lipinski definition) is 7. The van der Waals surface area contributed by atoms with Crippen LogP contribution in [0.5, 0.6) is 11.6 Å². The van der Waals surface area contributed by atoms with Gasteiger partial charge in [0.05, 0.1) is 12.4 Å². The minimum absolute atomic E-state index is 0.0336. The van der Waals surface area contributed by atoms with Crippen molar-refractivity contribution in [3.05, 3.63) is 66.1 Å². The van der Waals surface area contributed by atoms with Crippen LogP contribution in [0.15, 0.2) is 55.0 Å². The first-order chi connectivity index (χ1) is 18.1. The molecule has 3 aromatic heterocycles. The van der Waals surface area contributed by atoms with E-state index in [0.29, 0.717) is 41.2 Å². The second-order valence-electron chi connectivity index (χ2n) is 9.56. The molecule has 0 aliphatic heterocycles. The Balaban J connectivity index is 1.50. The lowest BCUT2D eigenvalue weighted by atomic mass is 10.0. The number of aryl methyl sites for hydroxylation is 1. The zero-order valence-electron chi connectivity index (χ0n) is 21.1. The lowest BCUT2D eigenvalue weighted by Crippen LogP contribution is -2.26. The van der Waals surface area contributed by atoms with Crippen molar-refractivity contribution in [1.29, 1.82) is 0 Å². The molecular weight excluding hydrogens is 468 g/mol. The first-order valence-corrected chi connectivity index (χ1v) is 12.8. The van der Waals surface area contributed by atoms with E-state index in [1.807, 2.05) is 31.2 Å². The quantitative estimate of drug-likeness (QED) is 0.276. The van der Waals surface area contributed by atoms with Crippen molar-refractivity contribution >= 4 is 17.4 Å². The molecule has 1 amide bonds. The molecule has 192 valence electrons. The fourth-order valence-electron chi connectivity index (χ4n) is 4.34. The standard InChI is InChI=1S/C28H32N6O3/c1-3-5-19(17-35)14-30-25-13-26(37-22-6-4-11-29-15-22)33-27-24(16-31-34(25)27)20-7-10-23(18(2)12-20)28(36)32-21-8-9-21/h4,6-7,10-13,15-16,19,21,30,35H,3,5,8-9,14,17H2,1-2H3,(H,32,36)/t19-/m0/s1. The van der Waals surface area contributed by atoms with Gasteiger partial charge in [-0.25, -0.2) is 0 Å². The van der Waals surface area contributed by atoms with Crippen LogP contribution in [0.25, 0.3) is 16.8 Å². The lowest BCUT2D eigenvalue weighted by molar-refractivity contribution is 0.0950. The molecular formula is C28H32N6O3. The number of aliphatic hydroxyl groups is 1. The van der Waals surface area contributed by atoms with Crippen LogP contribution in [0.3, 0.4) is 0 Å². The monoisotopic (exact) mass is 500 g/mol. The summed E-state index contributed by atoms with van der Waals surface area (Å²) >= 11 is 0. The Morgan fingerprint density at radius 2 is 2.11 bits per heavy atom. The third-order valence-electron chi connectivity index (χ3n) is 6.53. The Kier molecular flexibility index (Phi) is 7.32. The maximum absolute atomic E-state index is 12.6. The molecule has 1 aliphatic rings. The van der Waals surface area contributed by atoms with Gasteiger partial charge in [-0.15, -0.1) is 0 Å². The highest BCUT2D eigenvalue weighted by Crippen LogP contribution is 2.31. The van der Waals surface area contributed by atoms with Gasteiger partial charge in [0.15, 0.2) is 5.65 Å². The number of nitrogens with one attached hydrogen (secondary N) is 2. The fraction of sp³-hybridized carbons (Fsp3) is 0.357. The van der Waals surface area contributed by atoms with Crippen LogP contribution >= 0.6 is 0 Å². The summed E-state index contributed by atoms with van der Waals surface area (Å²) in [6.07, 6.45) is 9.10. The molecule has 9 nitrogen and oxygen atoms in total. The summed E-state index contributed by atoms with van der Waals surface area (Å²) in [7, 11) is 0. The number of hydrogen-bond donors (Lipinski definition) is 3. The number of aliphatic hydroxyl groups excluding tert-OH is 1. The van der Waals surface area contributed by atoms with E-state index in [1.54, 1.807) is 35.2 Å². The average Bonchev–Trinajstić information content (AvgIpc) is 3.61. The number of carbonyl (C=O) groups is 1. The molecule has 3 heterocycles. The van der Waals surface area contributed by atoms with Crippen molar-refractivity contribution in [3.8, 4) is 22.8 Å². The Hall–Kier alpha value is -3.98. The van der Waals surface area contributed by atoms with Gasteiger partial charge < -0.3 is 20.5 Å². The summed E-state index contributed by atoms with van der Waals surface area (Å²) in [4.78, 5) is 21.5. The second-order valence-corrected chi connectivity index (χ2v) is 9.56. The zero-order valence-corrected chi connectivity index (χ0v) is 21.1. The third kappa shape index (κ3) is 5.72. The minimum Gasteiger partial charge on any atom is -0.437 e. The molecule has 5 rings (SSSR count). The number of fused-ring (bicyclic) bond motifs is 1. The van der Waals surface area contributed by atoms with E-state index in [2.05, 4.69) is 27.6 Å². The summed E-state index contributed by atoms with van der Waals surface area (Å²) < 4.78 is 7.77. The van der Waals surface area contributed by atoms with Gasteiger partial charge in [0.2, 0.25) is 5.88 Å². The van der Waals surface area contributed by atoms with Crippen LogP contribution in [0.4, 0.5) is 5.82 Å². The van der Waals surface area contributed by atoms with Gasteiger partial charge in [0.25, 0.3) is 5.91 Å². The number of pyridine rings is 1.